The fourth-order valence-electron chi connectivity index (χ4n) is 3.90. The van der Waals surface area contributed by atoms with E-state index >= 15 is 0 Å². The van der Waals surface area contributed by atoms with Crippen molar-refractivity contribution in [2.24, 2.45) is 0 Å². The lowest BCUT2D eigenvalue weighted by molar-refractivity contribution is -0.119. The molecule has 1 fully saturated rings. The molecule has 1 atom stereocenters. The van der Waals surface area contributed by atoms with Crippen LogP contribution in [0.5, 0.6) is 0 Å². The molecule has 2 aromatic carbocycles. The highest BCUT2D eigenvalue weighted by molar-refractivity contribution is 9.10. The fraction of sp³-hybridized carbons (Fsp3) is 0.182. The average Bonchev–Trinajstić information content (AvgIpc) is 3.49. The predicted octanol–water partition coefficient (Wildman–Crippen LogP) is 4.31. The van der Waals surface area contributed by atoms with E-state index < -0.39 is 22.0 Å². The van der Waals surface area contributed by atoms with Crippen molar-refractivity contribution in [3.63, 3.8) is 0 Å². The summed E-state index contributed by atoms with van der Waals surface area (Å²) in [6.07, 6.45) is 2.59. The molecule has 0 saturated carbocycles. The zero-order chi connectivity index (χ0) is 23.0. The Morgan fingerprint density at radius 1 is 1.12 bits per heavy atom. The second-order valence-corrected chi connectivity index (χ2v) is 11.3. The number of benzene rings is 2. The summed E-state index contributed by atoms with van der Waals surface area (Å²) >= 11 is 4.67. The van der Waals surface area contributed by atoms with Crippen molar-refractivity contribution >= 4 is 59.2 Å². The zero-order valence-electron chi connectivity index (χ0n) is 17.2. The third-order valence-corrected chi connectivity index (χ3v) is 8.74. The lowest BCUT2D eigenvalue weighted by Gasteiger charge is -2.23. The summed E-state index contributed by atoms with van der Waals surface area (Å²) in [6, 6.07) is 15.4. The molecular formula is C22H18BrN5O3S2. The van der Waals surface area contributed by atoms with Gasteiger partial charge in [-0.3, -0.25) is 15.1 Å². The van der Waals surface area contributed by atoms with E-state index in [2.05, 4.69) is 36.4 Å². The van der Waals surface area contributed by atoms with Crippen molar-refractivity contribution in [2.45, 2.75) is 23.8 Å². The van der Waals surface area contributed by atoms with Gasteiger partial charge in [0.2, 0.25) is 21.1 Å². The molecule has 1 aliphatic rings. The number of hydrogen-bond donors (Lipinski definition) is 1. The van der Waals surface area contributed by atoms with Gasteiger partial charge in [-0.15, -0.1) is 10.2 Å². The van der Waals surface area contributed by atoms with Crippen molar-refractivity contribution in [1.29, 1.82) is 0 Å². The smallest absolute Gasteiger partial charge is 0.245 e. The number of amides is 1. The number of hydrogen-bond acceptors (Lipinski definition) is 7. The van der Waals surface area contributed by atoms with Crippen molar-refractivity contribution in [3.05, 3.63) is 65.3 Å². The number of pyridine rings is 1. The molecule has 1 saturated heterocycles. The van der Waals surface area contributed by atoms with Crippen molar-refractivity contribution < 1.29 is 13.2 Å². The largest absolute Gasteiger partial charge is 0.299 e. The minimum atomic E-state index is -3.92. The molecule has 5 rings (SSSR count). The maximum atomic E-state index is 13.5. The Balaban J connectivity index is 1.39. The van der Waals surface area contributed by atoms with Crippen LogP contribution in [0.15, 0.2) is 70.2 Å². The minimum absolute atomic E-state index is 0.105. The van der Waals surface area contributed by atoms with E-state index in [1.807, 2.05) is 36.4 Å². The van der Waals surface area contributed by atoms with Gasteiger partial charge in [-0.05, 0) is 37.1 Å². The van der Waals surface area contributed by atoms with Crippen LogP contribution in [0.25, 0.3) is 21.5 Å². The van der Waals surface area contributed by atoms with Gasteiger partial charge in [0.25, 0.3) is 0 Å². The molecule has 1 amide bonds. The molecule has 0 aliphatic carbocycles. The second-order valence-electron chi connectivity index (χ2n) is 7.52. The summed E-state index contributed by atoms with van der Waals surface area (Å²) in [5.74, 6) is -0.416. The number of carbonyl (C=O) groups excluding carboxylic acids is 1. The summed E-state index contributed by atoms with van der Waals surface area (Å²) in [7, 11) is -3.92. The molecule has 4 aromatic rings. The summed E-state index contributed by atoms with van der Waals surface area (Å²) in [6.45, 7) is 0.267. The van der Waals surface area contributed by atoms with Crippen LogP contribution in [0.3, 0.4) is 0 Å². The maximum Gasteiger partial charge on any atom is 0.245 e. The molecule has 3 heterocycles. The molecule has 168 valence electrons. The molecule has 1 unspecified atom stereocenters. The number of rotatable bonds is 5. The predicted molar refractivity (Wildman–Crippen MR) is 130 cm³/mol. The molecule has 2 aromatic heterocycles. The molecule has 11 heteroatoms. The number of fused-ring (bicyclic) bond motifs is 1. The minimum Gasteiger partial charge on any atom is -0.299 e. The first-order valence-electron chi connectivity index (χ1n) is 10.2. The van der Waals surface area contributed by atoms with Gasteiger partial charge in [0.1, 0.15) is 15.9 Å². The number of nitrogens with zero attached hydrogens (tertiary/aromatic N) is 4. The summed E-state index contributed by atoms with van der Waals surface area (Å²) in [4.78, 5) is 17.4. The number of anilines is 1. The van der Waals surface area contributed by atoms with E-state index in [1.54, 1.807) is 18.3 Å². The van der Waals surface area contributed by atoms with E-state index in [9.17, 15) is 13.2 Å². The summed E-state index contributed by atoms with van der Waals surface area (Å²) in [5, 5.41) is 12.7. The topological polar surface area (TPSA) is 105 Å². The lowest BCUT2D eigenvalue weighted by atomic mass is 10.2. The Morgan fingerprint density at radius 3 is 2.79 bits per heavy atom. The van der Waals surface area contributed by atoms with Crippen LogP contribution in [0.1, 0.15) is 12.8 Å². The van der Waals surface area contributed by atoms with E-state index in [-0.39, 0.29) is 11.4 Å². The quantitative estimate of drug-likeness (QED) is 0.402. The number of aromatic nitrogens is 3. The van der Waals surface area contributed by atoms with Crippen LogP contribution >= 0.6 is 27.3 Å². The van der Waals surface area contributed by atoms with Crippen molar-refractivity contribution in [1.82, 2.24) is 19.5 Å². The highest BCUT2D eigenvalue weighted by atomic mass is 79.9. The Hall–Kier alpha value is -2.73. The van der Waals surface area contributed by atoms with Crippen molar-refractivity contribution in [2.75, 3.05) is 11.9 Å². The van der Waals surface area contributed by atoms with Crippen LogP contribution in [0.4, 0.5) is 5.13 Å². The highest BCUT2D eigenvalue weighted by Crippen LogP contribution is 2.32. The maximum absolute atomic E-state index is 13.5. The molecular weight excluding hydrogens is 526 g/mol. The van der Waals surface area contributed by atoms with E-state index in [0.29, 0.717) is 28.5 Å². The first kappa shape index (κ1) is 22.1. The number of halogens is 1. The number of para-hydroxylation sites is 1. The Bertz CT molecular complexity index is 1450. The lowest BCUT2D eigenvalue weighted by Crippen LogP contribution is -2.43. The normalized spacial score (nSPS) is 16.8. The van der Waals surface area contributed by atoms with Crippen LogP contribution in [-0.2, 0) is 14.8 Å². The van der Waals surface area contributed by atoms with Gasteiger partial charge in [-0.2, -0.15) is 4.31 Å². The summed E-state index contributed by atoms with van der Waals surface area (Å²) < 4.78 is 29.2. The third-order valence-electron chi connectivity index (χ3n) is 5.42. The molecule has 1 N–H and O–H groups in total. The van der Waals surface area contributed by atoms with Gasteiger partial charge < -0.3 is 0 Å². The molecule has 0 bridgehead atoms. The second kappa shape index (κ2) is 8.90. The fourth-order valence-corrected chi connectivity index (χ4v) is 6.87. The Morgan fingerprint density at radius 2 is 1.94 bits per heavy atom. The molecule has 0 radical (unpaired) electrons. The molecule has 1 aliphatic heterocycles. The Kier molecular flexibility index (Phi) is 5.95. The standard InChI is InChI=1S/C22H18BrN5O3S2/c23-16-8-1-6-15(13-16)21-26-27-22(32-21)25-20(29)17-9-4-12-28(17)33(30,31)18-10-2-5-14-7-3-11-24-19(14)18/h1-3,5-8,10-11,13,17H,4,9,12H2,(H,25,27,29). The van der Waals surface area contributed by atoms with Gasteiger partial charge in [0.15, 0.2) is 0 Å². The van der Waals surface area contributed by atoms with Gasteiger partial charge in [-0.1, -0.05) is 57.6 Å². The van der Waals surface area contributed by atoms with E-state index in [1.165, 1.54) is 21.7 Å². The van der Waals surface area contributed by atoms with Crippen LogP contribution < -0.4 is 5.32 Å². The zero-order valence-corrected chi connectivity index (χ0v) is 20.4. The highest BCUT2D eigenvalue weighted by Gasteiger charge is 2.40. The molecule has 0 spiro atoms. The van der Waals surface area contributed by atoms with Crippen LogP contribution in [-0.4, -0.2) is 46.4 Å². The Labute approximate surface area is 202 Å². The SMILES string of the molecule is O=C(Nc1nnc(-c2cccc(Br)c2)s1)C1CCCN1S(=O)(=O)c1cccc2cccnc12. The van der Waals surface area contributed by atoms with Gasteiger partial charge in [0, 0.05) is 28.2 Å². The summed E-state index contributed by atoms with van der Waals surface area (Å²) in [5.41, 5.74) is 1.27. The third kappa shape index (κ3) is 4.29. The monoisotopic (exact) mass is 543 g/mol. The van der Waals surface area contributed by atoms with Gasteiger partial charge in [-0.25, -0.2) is 8.42 Å². The van der Waals surface area contributed by atoms with Crippen LogP contribution in [0, 0.1) is 0 Å². The first-order chi connectivity index (χ1) is 15.9. The average molecular weight is 544 g/mol. The molecule has 8 nitrogen and oxygen atoms in total. The first-order valence-corrected chi connectivity index (χ1v) is 13.2. The van der Waals surface area contributed by atoms with E-state index in [4.69, 9.17) is 0 Å². The number of nitrogens with one attached hydrogen (secondary N) is 1. The number of sulfonamides is 1. The van der Waals surface area contributed by atoms with Crippen molar-refractivity contribution in [3.8, 4) is 10.6 Å². The van der Waals surface area contributed by atoms with Gasteiger partial charge in [0.05, 0.1) is 5.52 Å². The van der Waals surface area contributed by atoms with Gasteiger partial charge >= 0.3 is 0 Å². The number of carbonyl (C=O) groups is 1. The molecule has 33 heavy (non-hydrogen) atoms. The van der Waals surface area contributed by atoms with Crippen LogP contribution in [0.2, 0.25) is 0 Å². The van der Waals surface area contributed by atoms with E-state index in [0.717, 1.165) is 15.4 Å².